The SMILES string of the molecule is CCCCCCCCCCCCCCCC(C)(CO)CN1CCOCCNCCOCCOCC1. The first-order valence-electron chi connectivity index (χ1n) is 15.0. The summed E-state index contributed by atoms with van der Waals surface area (Å²) in [4.78, 5) is 2.41. The third-order valence-corrected chi connectivity index (χ3v) is 7.19. The first-order valence-corrected chi connectivity index (χ1v) is 15.0. The summed E-state index contributed by atoms with van der Waals surface area (Å²) < 4.78 is 17.2. The minimum Gasteiger partial charge on any atom is -0.396 e. The van der Waals surface area contributed by atoms with Crippen LogP contribution in [0.3, 0.4) is 0 Å². The van der Waals surface area contributed by atoms with Crippen LogP contribution in [-0.2, 0) is 14.2 Å². The largest absolute Gasteiger partial charge is 0.396 e. The molecule has 2 N–H and O–H groups in total. The fourth-order valence-corrected chi connectivity index (χ4v) is 4.81. The molecule has 0 radical (unpaired) electrons. The van der Waals surface area contributed by atoms with Crippen molar-refractivity contribution in [1.29, 1.82) is 0 Å². The van der Waals surface area contributed by atoms with Gasteiger partial charge in [-0.25, -0.2) is 0 Å². The van der Waals surface area contributed by atoms with Crippen molar-refractivity contribution in [3.05, 3.63) is 0 Å². The second kappa shape index (κ2) is 24.1. The molecule has 0 amide bonds. The van der Waals surface area contributed by atoms with Crippen molar-refractivity contribution in [3.8, 4) is 0 Å². The van der Waals surface area contributed by atoms with Gasteiger partial charge in [0, 0.05) is 44.7 Å². The second-order valence-electron chi connectivity index (χ2n) is 10.8. The smallest absolute Gasteiger partial charge is 0.0701 e. The van der Waals surface area contributed by atoms with Crippen molar-refractivity contribution in [2.75, 3.05) is 79.0 Å². The van der Waals surface area contributed by atoms with Crippen LogP contribution in [0.15, 0.2) is 0 Å². The summed E-state index contributed by atoms with van der Waals surface area (Å²) in [5, 5.41) is 13.5. The molecule has 6 heteroatoms. The van der Waals surface area contributed by atoms with Gasteiger partial charge >= 0.3 is 0 Å². The van der Waals surface area contributed by atoms with Gasteiger partial charge in [0.1, 0.15) is 0 Å². The Labute approximate surface area is 217 Å². The van der Waals surface area contributed by atoms with Crippen LogP contribution in [0.4, 0.5) is 0 Å². The fraction of sp³-hybridized carbons (Fsp3) is 1.00. The Morgan fingerprint density at radius 2 is 1.11 bits per heavy atom. The number of nitrogens with one attached hydrogen (secondary N) is 1. The first-order chi connectivity index (χ1) is 17.2. The number of hydrogen-bond acceptors (Lipinski definition) is 6. The number of aliphatic hydroxyl groups excluding tert-OH is 1. The monoisotopic (exact) mass is 500 g/mol. The summed E-state index contributed by atoms with van der Waals surface area (Å²) >= 11 is 0. The van der Waals surface area contributed by atoms with Crippen LogP contribution in [0.25, 0.3) is 0 Å². The van der Waals surface area contributed by atoms with Crippen molar-refractivity contribution in [3.63, 3.8) is 0 Å². The highest BCUT2D eigenvalue weighted by Gasteiger charge is 2.26. The topological polar surface area (TPSA) is 63.2 Å². The molecular formula is C29H60N2O4. The number of rotatable bonds is 17. The van der Waals surface area contributed by atoms with Gasteiger partial charge < -0.3 is 24.6 Å². The second-order valence-corrected chi connectivity index (χ2v) is 10.8. The molecule has 0 aromatic rings. The highest BCUT2D eigenvalue weighted by molar-refractivity contribution is 4.78. The van der Waals surface area contributed by atoms with Gasteiger partial charge in [0.05, 0.1) is 39.6 Å². The van der Waals surface area contributed by atoms with Crippen molar-refractivity contribution in [1.82, 2.24) is 10.2 Å². The van der Waals surface area contributed by atoms with Crippen LogP contribution < -0.4 is 5.32 Å². The zero-order valence-electron chi connectivity index (χ0n) is 23.5. The Morgan fingerprint density at radius 3 is 1.63 bits per heavy atom. The van der Waals surface area contributed by atoms with Crippen LogP contribution in [-0.4, -0.2) is 89.0 Å². The molecule has 0 bridgehead atoms. The molecule has 0 aromatic heterocycles. The van der Waals surface area contributed by atoms with Crippen LogP contribution in [0.2, 0.25) is 0 Å². The van der Waals surface area contributed by atoms with Crippen LogP contribution in [0.5, 0.6) is 0 Å². The van der Waals surface area contributed by atoms with E-state index < -0.39 is 0 Å². The van der Waals surface area contributed by atoms with Gasteiger partial charge in [0.2, 0.25) is 0 Å². The van der Waals surface area contributed by atoms with E-state index in [2.05, 4.69) is 24.1 Å². The summed E-state index contributed by atoms with van der Waals surface area (Å²) in [7, 11) is 0. The van der Waals surface area contributed by atoms with Crippen molar-refractivity contribution in [2.45, 2.75) is 104 Å². The number of ether oxygens (including phenoxy) is 3. The maximum Gasteiger partial charge on any atom is 0.0701 e. The van der Waals surface area contributed by atoms with Gasteiger partial charge in [-0.2, -0.15) is 0 Å². The third-order valence-electron chi connectivity index (χ3n) is 7.19. The molecule has 0 saturated carbocycles. The van der Waals surface area contributed by atoms with Crippen molar-refractivity contribution < 1.29 is 19.3 Å². The molecule has 0 aromatic carbocycles. The van der Waals surface area contributed by atoms with E-state index in [1.54, 1.807) is 0 Å². The molecule has 1 fully saturated rings. The molecule has 1 unspecified atom stereocenters. The number of nitrogens with zero attached hydrogens (tertiary/aromatic N) is 1. The Hall–Kier alpha value is -0.240. The Balaban J connectivity index is 2.19. The van der Waals surface area contributed by atoms with Gasteiger partial charge in [-0.1, -0.05) is 97.3 Å². The summed E-state index contributed by atoms with van der Waals surface area (Å²) in [6, 6.07) is 0. The maximum atomic E-state index is 10.2. The number of hydrogen-bond donors (Lipinski definition) is 2. The van der Waals surface area contributed by atoms with E-state index in [0.717, 1.165) is 52.4 Å². The molecule has 6 nitrogen and oxygen atoms in total. The normalized spacial score (nSPS) is 19.6. The van der Waals surface area contributed by atoms with E-state index in [0.29, 0.717) is 26.4 Å². The van der Waals surface area contributed by atoms with Gasteiger partial charge in [0.25, 0.3) is 0 Å². The average Bonchev–Trinajstić information content (AvgIpc) is 2.87. The van der Waals surface area contributed by atoms with E-state index in [1.165, 1.54) is 83.5 Å². The molecule has 0 aliphatic carbocycles. The quantitative estimate of drug-likeness (QED) is 0.260. The average molecular weight is 501 g/mol. The molecule has 35 heavy (non-hydrogen) atoms. The van der Waals surface area contributed by atoms with E-state index >= 15 is 0 Å². The number of aliphatic hydroxyl groups is 1. The zero-order chi connectivity index (χ0) is 25.3. The lowest BCUT2D eigenvalue weighted by Gasteiger charge is -2.34. The summed E-state index contributed by atoms with van der Waals surface area (Å²) in [6.45, 7) is 13.2. The van der Waals surface area contributed by atoms with Crippen molar-refractivity contribution >= 4 is 0 Å². The van der Waals surface area contributed by atoms with Gasteiger partial charge in [-0.15, -0.1) is 0 Å². The number of unbranched alkanes of at least 4 members (excludes halogenated alkanes) is 12. The highest BCUT2D eigenvalue weighted by atomic mass is 16.5. The van der Waals surface area contributed by atoms with Gasteiger partial charge in [-0.3, -0.25) is 4.90 Å². The Kier molecular flexibility index (Phi) is 22.6. The zero-order valence-corrected chi connectivity index (χ0v) is 23.5. The lowest BCUT2D eigenvalue weighted by Crippen LogP contribution is -2.41. The summed E-state index contributed by atoms with van der Waals surface area (Å²) in [5.41, 5.74) is -0.0641. The first kappa shape index (κ1) is 32.8. The molecule has 1 rings (SSSR count). The van der Waals surface area contributed by atoms with Crippen LogP contribution in [0, 0.1) is 5.41 Å². The Bertz CT molecular complexity index is 425. The highest BCUT2D eigenvalue weighted by Crippen LogP contribution is 2.26. The molecule has 1 aliphatic rings. The van der Waals surface area contributed by atoms with Gasteiger partial charge in [0.15, 0.2) is 0 Å². The fourth-order valence-electron chi connectivity index (χ4n) is 4.81. The molecular weight excluding hydrogens is 440 g/mol. The van der Waals surface area contributed by atoms with Gasteiger partial charge in [-0.05, 0) is 6.42 Å². The molecule has 1 atom stereocenters. The third kappa shape index (κ3) is 20.5. The summed E-state index contributed by atoms with van der Waals surface area (Å²) in [5.74, 6) is 0. The predicted octanol–water partition coefficient (Wildman–Crippen LogP) is 5.42. The molecule has 1 aliphatic heterocycles. The van der Waals surface area contributed by atoms with E-state index in [4.69, 9.17) is 14.2 Å². The lowest BCUT2D eigenvalue weighted by molar-refractivity contribution is 0.0206. The standard InChI is InChI=1S/C29H60N2O4/c1-3-4-5-6-7-8-9-10-11-12-13-14-15-16-29(2,28-32)27-31-19-23-33-21-17-30-18-22-34-25-26-35-24-20-31/h30,32H,3-28H2,1-2H3. The van der Waals surface area contributed by atoms with E-state index in [9.17, 15) is 5.11 Å². The van der Waals surface area contributed by atoms with E-state index in [-0.39, 0.29) is 12.0 Å². The summed E-state index contributed by atoms with van der Waals surface area (Å²) in [6.07, 6.45) is 18.9. The maximum absolute atomic E-state index is 10.2. The molecule has 0 spiro atoms. The molecule has 210 valence electrons. The molecule has 1 heterocycles. The minimum absolute atomic E-state index is 0.0641. The van der Waals surface area contributed by atoms with E-state index in [1.807, 2.05) is 0 Å². The molecule has 1 saturated heterocycles. The van der Waals surface area contributed by atoms with Crippen LogP contribution in [0.1, 0.15) is 104 Å². The predicted molar refractivity (Wildman–Crippen MR) is 147 cm³/mol. The lowest BCUT2D eigenvalue weighted by atomic mass is 9.84. The van der Waals surface area contributed by atoms with Crippen molar-refractivity contribution in [2.24, 2.45) is 5.41 Å². The Morgan fingerprint density at radius 1 is 0.657 bits per heavy atom. The minimum atomic E-state index is -0.0641. The van der Waals surface area contributed by atoms with Crippen LogP contribution >= 0.6 is 0 Å².